The van der Waals surface area contributed by atoms with Crippen LogP contribution in [0.25, 0.3) is 22.8 Å². The van der Waals surface area contributed by atoms with E-state index in [0.717, 1.165) is 11.1 Å². The normalized spacial score (nSPS) is 10.8. The summed E-state index contributed by atoms with van der Waals surface area (Å²) >= 11 is 0. The van der Waals surface area contributed by atoms with E-state index in [4.69, 9.17) is 9.63 Å². The van der Waals surface area contributed by atoms with Crippen molar-refractivity contribution < 1.29 is 18.8 Å². The number of hydrogen-bond donors (Lipinski definition) is 1. The standard InChI is InChI=1S/C18H15FN2O3/c1-9-6-11(3)15(14(19)7-9)17-20-16(21-24-17)13-8-12(18(22)23)5-4-10(13)2/h4-8H,1-3H3,(H,22,23). The van der Waals surface area contributed by atoms with Crippen LogP contribution in [0.15, 0.2) is 34.9 Å². The van der Waals surface area contributed by atoms with E-state index in [9.17, 15) is 9.18 Å². The van der Waals surface area contributed by atoms with Crippen LogP contribution in [0.1, 0.15) is 27.0 Å². The van der Waals surface area contributed by atoms with Gasteiger partial charge < -0.3 is 9.63 Å². The zero-order valence-corrected chi connectivity index (χ0v) is 13.4. The minimum absolute atomic E-state index is 0.0696. The van der Waals surface area contributed by atoms with Crippen LogP contribution in [0, 0.1) is 26.6 Å². The first kappa shape index (κ1) is 15.9. The Kier molecular flexibility index (Phi) is 3.89. The SMILES string of the molecule is Cc1cc(C)c(-c2nc(-c3cc(C(=O)O)ccc3C)no2)c(F)c1. The molecule has 5 nitrogen and oxygen atoms in total. The molecule has 0 radical (unpaired) electrons. The van der Waals surface area contributed by atoms with Crippen molar-refractivity contribution in [1.82, 2.24) is 10.1 Å². The number of carbonyl (C=O) groups is 1. The summed E-state index contributed by atoms with van der Waals surface area (Å²) in [7, 11) is 0. The average Bonchev–Trinajstić information content (AvgIpc) is 2.95. The molecular weight excluding hydrogens is 311 g/mol. The molecule has 0 unspecified atom stereocenters. The van der Waals surface area contributed by atoms with E-state index in [1.165, 1.54) is 18.2 Å². The molecule has 0 aliphatic heterocycles. The molecule has 0 aliphatic rings. The van der Waals surface area contributed by atoms with E-state index in [1.807, 2.05) is 13.0 Å². The van der Waals surface area contributed by atoms with Gasteiger partial charge in [0.2, 0.25) is 5.82 Å². The quantitative estimate of drug-likeness (QED) is 0.782. The number of carboxylic acids is 1. The second-order valence-electron chi connectivity index (χ2n) is 5.70. The van der Waals surface area contributed by atoms with Crippen molar-refractivity contribution in [3.8, 4) is 22.8 Å². The van der Waals surface area contributed by atoms with Gasteiger partial charge in [0.1, 0.15) is 5.82 Å². The lowest BCUT2D eigenvalue weighted by Crippen LogP contribution is -1.98. The minimum Gasteiger partial charge on any atom is -0.478 e. The molecule has 1 heterocycles. The highest BCUT2D eigenvalue weighted by Crippen LogP contribution is 2.29. The Bertz CT molecular complexity index is 924. The van der Waals surface area contributed by atoms with Crippen molar-refractivity contribution in [2.75, 3.05) is 0 Å². The summed E-state index contributed by atoms with van der Waals surface area (Å²) in [5.74, 6) is -1.18. The number of rotatable bonds is 3. The molecule has 24 heavy (non-hydrogen) atoms. The number of aromatic carboxylic acids is 1. The fourth-order valence-electron chi connectivity index (χ4n) is 2.62. The van der Waals surface area contributed by atoms with Crippen molar-refractivity contribution in [2.45, 2.75) is 20.8 Å². The second-order valence-corrected chi connectivity index (χ2v) is 5.70. The van der Waals surface area contributed by atoms with E-state index in [-0.39, 0.29) is 22.8 Å². The van der Waals surface area contributed by atoms with Crippen LogP contribution >= 0.6 is 0 Å². The number of benzene rings is 2. The van der Waals surface area contributed by atoms with Gasteiger partial charge in [0.15, 0.2) is 0 Å². The molecule has 0 bridgehead atoms. The molecule has 6 heteroatoms. The smallest absolute Gasteiger partial charge is 0.335 e. The molecular formula is C18H15FN2O3. The third-order valence-corrected chi connectivity index (χ3v) is 3.80. The topological polar surface area (TPSA) is 76.2 Å². The maximum Gasteiger partial charge on any atom is 0.335 e. The highest BCUT2D eigenvalue weighted by atomic mass is 19.1. The molecule has 0 aliphatic carbocycles. The van der Waals surface area contributed by atoms with Gasteiger partial charge in [0.05, 0.1) is 11.1 Å². The van der Waals surface area contributed by atoms with Gasteiger partial charge in [-0.2, -0.15) is 4.98 Å². The number of aromatic nitrogens is 2. The maximum absolute atomic E-state index is 14.3. The van der Waals surface area contributed by atoms with Crippen molar-refractivity contribution in [3.05, 3.63) is 58.4 Å². The van der Waals surface area contributed by atoms with Crippen LogP contribution in [-0.4, -0.2) is 21.2 Å². The molecule has 3 rings (SSSR count). The summed E-state index contributed by atoms with van der Waals surface area (Å²) in [5, 5.41) is 13.0. The first-order chi connectivity index (χ1) is 11.4. The fourth-order valence-corrected chi connectivity index (χ4v) is 2.62. The summed E-state index contributed by atoms with van der Waals surface area (Å²) in [6.07, 6.45) is 0. The van der Waals surface area contributed by atoms with Gasteiger partial charge in [-0.05, 0) is 55.7 Å². The lowest BCUT2D eigenvalue weighted by molar-refractivity contribution is 0.0697. The number of aryl methyl sites for hydroxylation is 3. The summed E-state index contributed by atoms with van der Waals surface area (Å²) < 4.78 is 19.5. The van der Waals surface area contributed by atoms with Gasteiger partial charge in [-0.15, -0.1) is 0 Å². The number of hydrogen-bond acceptors (Lipinski definition) is 4. The molecule has 0 atom stereocenters. The van der Waals surface area contributed by atoms with Crippen LogP contribution in [0.5, 0.6) is 0 Å². The van der Waals surface area contributed by atoms with E-state index in [1.54, 1.807) is 19.9 Å². The number of halogens is 1. The van der Waals surface area contributed by atoms with Crippen molar-refractivity contribution in [3.63, 3.8) is 0 Å². The minimum atomic E-state index is -1.04. The Morgan fingerprint density at radius 2 is 1.88 bits per heavy atom. The fraction of sp³-hybridized carbons (Fsp3) is 0.167. The Morgan fingerprint density at radius 3 is 2.54 bits per heavy atom. The highest BCUT2D eigenvalue weighted by Gasteiger charge is 2.19. The van der Waals surface area contributed by atoms with Crippen molar-refractivity contribution in [2.24, 2.45) is 0 Å². The number of carboxylic acid groups (broad SMARTS) is 1. The van der Waals surface area contributed by atoms with Crippen molar-refractivity contribution >= 4 is 5.97 Å². The second kappa shape index (κ2) is 5.88. The van der Waals surface area contributed by atoms with Gasteiger partial charge in [-0.1, -0.05) is 17.3 Å². The number of nitrogens with zero attached hydrogens (tertiary/aromatic N) is 2. The van der Waals surface area contributed by atoms with Gasteiger partial charge in [0, 0.05) is 5.56 Å². The molecule has 0 saturated heterocycles. The molecule has 0 fully saturated rings. The van der Waals surface area contributed by atoms with Crippen LogP contribution in [-0.2, 0) is 0 Å². The summed E-state index contributed by atoms with van der Waals surface area (Å²) in [6.45, 7) is 5.39. The largest absolute Gasteiger partial charge is 0.478 e. The first-order valence-corrected chi connectivity index (χ1v) is 7.32. The molecule has 0 saturated carbocycles. The molecule has 0 amide bonds. The highest BCUT2D eigenvalue weighted by molar-refractivity contribution is 5.89. The molecule has 1 aromatic heterocycles. The maximum atomic E-state index is 14.3. The molecule has 1 N–H and O–H groups in total. The summed E-state index contributed by atoms with van der Waals surface area (Å²) in [4.78, 5) is 15.4. The summed E-state index contributed by atoms with van der Waals surface area (Å²) in [6, 6.07) is 7.89. The predicted octanol–water partition coefficient (Wildman–Crippen LogP) is 4.17. The predicted molar refractivity (Wildman–Crippen MR) is 86.3 cm³/mol. The molecule has 3 aromatic rings. The van der Waals surface area contributed by atoms with Gasteiger partial charge in [0.25, 0.3) is 5.89 Å². The van der Waals surface area contributed by atoms with Crippen LogP contribution in [0.3, 0.4) is 0 Å². The Balaban J connectivity index is 2.10. The Labute approximate surface area is 137 Å². The molecule has 2 aromatic carbocycles. The summed E-state index contributed by atoms with van der Waals surface area (Å²) in [5.41, 5.74) is 3.21. The lowest BCUT2D eigenvalue weighted by atomic mass is 10.0. The zero-order chi connectivity index (χ0) is 17.4. The first-order valence-electron chi connectivity index (χ1n) is 7.32. The zero-order valence-electron chi connectivity index (χ0n) is 13.4. The van der Waals surface area contributed by atoms with Gasteiger partial charge in [-0.3, -0.25) is 0 Å². The monoisotopic (exact) mass is 326 g/mol. The lowest BCUT2D eigenvalue weighted by Gasteiger charge is -2.04. The Hall–Kier alpha value is -3.02. The van der Waals surface area contributed by atoms with E-state index in [2.05, 4.69) is 10.1 Å². The molecule has 122 valence electrons. The van der Waals surface area contributed by atoms with Crippen LogP contribution in [0.4, 0.5) is 4.39 Å². The Morgan fingerprint density at radius 1 is 1.12 bits per heavy atom. The third-order valence-electron chi connectivity index (χ3n) is 3.80. The van der Waals surface area contributed by atoms with E-state index < -0.39 is 11.8 Å². The average molecular weight is 326 g/mol. The van der Waals surface area contributed by atoms with Gasteiger partial charge in [-0.25, -0.2) is 9.18 Å². The van der Waals surface area contributed by atoms with E-state index in [0.29, 0.717) is 11.1 Å². The molecule has 0 spiro atoms. The van der Waals surface area contributed by atoms with Gasteiger partial charge >= 0.3 is 5.97 Å². The van der Waals surface area contributed by atoms with Crippen LogP contribution < -0.4 is 0 Å². The van der Waals surface area contributed by atoms with Crippen LogP contribution in [0.2, 0.25) is 0 Å². The van der Waals surface area contributed by atoms with E-state index >= 15 is 0 Å². The third kappa shape index (κ3) is 2.78. The van der Waals surface area contributed by atoms with Crippen molar-refractivity contribution in [1.29, 1.82) is 0 Å².